The van der Waals surface area contributed by atoms with Crippen molar-refractivity contribution in [1.29, 1.82) is 0 Å². The lowest BCUT2D eigenvalue weighted by Crippen LogP contribution is -2.44. The number of halogens is 1. The molecule has 148 valence electrons. The first-order chi connectivity index (χ1) is 13.4. The van der Waals surface area contributed by atoms with E-state index in [1.807, 2.05) is 6.92 Å². The highest BCUT2D eigenvalue weighted by Crippen LogP contribution is 2.24. The maximum Gasteiger partial charge on any atom is 0.244 e. The lowest BCUT2D eigenvalue weighted by Gasteiger charge is -2.30. The molecule has 1 aliphatic heterocycles. The molecule has 1 aliphatic rings. The monoisotopic (exact) mass is 419 g/mol. The van der Waals surface area contributed by atoms with Gasteiger partial charge in [-0.15, -0.1) is 0 Å². The van der Waals surface area contributed by atoms with Crippen LogP contribution in [0.4, 0.5) is 0 Å². The molecule has 2 aromatic rings. The predicted molar refractivity (Wildman–Crippen MR) is 110 cm³/mol. The van der Waals surface area contributed by atoms with Gasteiger partial charge in [0.15, 0.2) is 0 Å². The standard InChI is InChI=1S/C20H22ClN3O3S/c1-15-4-10-19(11-5-15)28(26,27)24-12-2-3-17(14-24)20(25)23-22-13-16-6-8-18(21)9-7-16/h4-11,13,17H,2-3,12,14H2,1H3,(H,23,25)/b22-13-/t17-/m0/s1. The Bertz CT molecular complexity index is 957. The molecule has 0 unspecified atom stereocenters. The number of carbonyl (C=O) groups is 1. The van der Waals surface area contributed by atoms with Crippen LogP contribution in [0.1, 0.15) is 24.0 Å². The maximum atomic E-state index is 12.8. The van der Waals surface area contributed by atoms with Crippen molar-refractivity contribution in [1.82, 2.24) is 9.73 Å². The number of sulfonamides is 1. The van der Waals surface area contributed by atoms with Crippen LogP contribution in [0.2, 0.25) is 5.02 Å². The SMILES string of the molecule is Cc1ccc(S(=O)(=O)N2CCC[C@H](C(=O)N/N=C\c3ccc(Cl)cc3)C2)cc1. The highest BCUT2D eigenvalue weighted by molar-refractivity contribution is 7.89. The molecule has 28 heavy (non-hydrogen) atoms. The predicted octanol–water partition coefficient (Wildman–Crippen LogP) is 3.20. The zero-order valence-electron chi connectivity index (χ0n) is 15.5. The lowest BCUT2D eigenvalue weighted by molar-refractivity contribution is -0.126. The van der Waals surface area contributed by atoms with Crippen molar-refractivity contribution < 1.29 is 13.2 Å². The second-order valence-electron chi connectivity index (χ2n) is 6.80. The van der Waals surface area contributed by atoms with Crippen LogP contribution in [0.5, 0.6) is 0 Å². The van der Waals surface area contributed by atoms with E-state index >= 15 is 0 Å². The fourth-order valence-electron chi connectivity index (χ4n) is 3.04. The molecule has 6 nitrogen and oxygen atoms in total. The van der Waals surface area contributed by atoms with Crippen molar-refractivity contribution >= 4 is 33.7 Å². The molecular formula is C20H22ClN3O3S. The average Bonchev–Trinajstić information content (AvgIpc) is 2.70. The number of hydrogen-bond acceptors (Lipinski definition) is 4. The molecule has 0 aliphatic carbocycles. The Morgan fingerprint density at radius 1 is 1.18 bits per heavy atom. The molecule has 0 spiro atoms. The van der Waals surface area contributed by atoms with Gasteiger partial charge in [0.25, 0.3) is 0 Å². The van der Waals surface area contributed by atoms with Crippen molar-refractivity contribution in [3.63, 3.8) is 0 Å². The van der Waals surface area contributed by atoms with E-state index in [-0.39, 0.29) is 17.3 Å². The van der Waals surface area contributed by atoms with Gasteiger partial charge < -0.3 is 0 Å². The van der Waals surface area contributed by atoms with Crippen LogP contribution in [0.15, 0.2) is 58.5 Å². The van der Waals surface area contributed by atoms with Crippen LogP contribution in [0.25, 0.3) is 0 Å². The van der Waals surface area contributed by atoms with Crippen LogP contribution in [0.3, 0.4) is 0 Å². The Labute approximate surface area is 170 Å². The third-order valence-corrected chi connectivity index (χ3v) is 6.80. The first kappa shape index (κ1) is 20.5. The Hall–Kier alpha value is -2.22. The minimum Gasteiger partial charge on any atom is -0.273 e. The second kappa shape index (κ2) is 8.86. The number of hydrazone groups is 1. The smallest absolute Gasteiger partial charge is 0.244 e. The van der Waals surface area contributed by atoms with Gasteiger partial charge in [-0.2, -0.15) is 9.41 Å². The summed E-state index contributed by atoms with van der Waals surface area (Å²) in [4.78, 5) is 12.7. The molecule has 1 amide bonds. The topological polar surface area (TPSA) is 78.8 Å². The summed E-state index contributed by atoms with van der Waals surface area (Å²) in [5.74, 6) is -0.717. The van der Waals surface area contributed by atoms with Crippen molar-refractivity contribution in [2.45, 2.75) is 24.7 Å². The van der Waals surface area contributed by atoms with Gasteiger partial charge >= 0.3 is 0 Å². The minimum atomic E-state index is -3.61. The number of nitrogens with zero attached hydrogens (tertiary/aromatic N) is 2. The van der Waals surface area contributed by atoms with E-state index in [0.717, 1.165) is 11.1 Å². The number of aryl methyl sites for hydroxylation is 1. The molecule has 0 saturated carbocycles. The van der Waals surface area contributed by atoms with Gasteiger partial charge in [-0.3, -0.25) is 4.79 Å². The molecule has 1 heterocycles. The molecule has 0 aromatic heterocycles. The third kappa shape index (κ3) is 4.98. The zero-order valence-corrected chi connectivity index (χ0v) is 17.1. The van der Waals surface area contributed by atoms with Gasteiger partial charge in [0.05, 0.1) is 17.0 Å². The van der Waals surface area contributed by atoms with E-state index in [9.17, 15) is 13.2 Å². The molecule has 1 N–H and O–H groups in total. The van der Waals surface area contributed by atoms with E-state index in [2.05, 4.69) is 10.5 Å². The van der Waals surface area contributed by atoms with Gasteiger partial charge in [-0.1, -0.05) is 41.4 Å². The molecule has 1 saturated heterocycles. The summed E-state index contributed by atoms with van der Waals surface area (Å²) < 4.78 is 27.1. The van der Waals surface area contributed by atoms with Crippen molar-refractivity contribution in [3.8, 4) is 0 Å². The van der Waals surface area contributed by atoms with E-state index in [1.54, 1.807) is 48.5 Å². The fraction of sp³-hybridized carbons (Fsp3) is 0.300. The van der Waals surface area contributed by atoms with E-state index in [4.69, 9.17) is 11.6 Å². The highest BCUT2D eigenvalue weighted by atomic mass is 35.5. The third-order valence-electron chi connectivity index (χ3n) is 4.67. The number of amides is 1. The van der Waals surface area contributed by atoms with Crippen molar-refractivity contribution in [3.05, 3.63) is 64.7 Å². The summed E-state index contributed by atoms with van der Waals surface area (Å²) in [5, 5.41) is 4.59. The number of rotatable bonds is 5. The first-order valence-electron chi connectivity index (χ1n) is 9.01. The Morgan fingerprint density at radius 2 is 1.86 bits per heavy atom. The van der Waals surface area contributed by atoms with Gasteiger partial charge in [0, 0.05) is 18.1 Å². The Morgan fingerprint density at radius 3 is 2.54 bits per heavy atom. The van der Waals surface area contributed by atoms with E-state index < -0.39 is 15.9 Å². The highest BCUT2D eigenvalue weighted by Gasteiger charge is 2.33. The number of piperidine rings is 1. The molecule has 3 rings (SSSR count). The van der Waals surface area contributed by atoms with E-state index in [1.165, 1.54) is 10.5 Å². The summed E-state index contributed by atoms with van der Waals surface area (Å²) in [7, 11) is -3.61. The second-order valence-corrected chi connectivity index (χ2v) is 9.18. The minimum absolute atomic E-state index is 0.151. The summed E-state index contributed by atoms with van der Waals surface area (Å²) in [6.07, 6.45) is 2.78. The molecular weight excluding hydrogens is 398 g/mol. The summed E-state index contributed by atoms with van der Waals surface area (Å²) in [5.41, 5.74) is 4.31. The molecule has 8 heteroatoms. The quantitative estimate of drug-likeness (QED) is 0.597. The molecule has 0 radical (unpaired) electrons. The van der Waals surface area contributed by atoms with Crippen LogP contribution in [0, 0.1) is 12.8 Å². The van der Waals surface area contributed by atoms with Gasteiger partial charge in [0.1, 0.15) is 0 Å². The number of nitrogens with one attached hydrogen (secondary N) is 1. The van der Waals surface area contributed by atoms with Gasteiger partial charge in [0.2, 0.25) is 15.9 Å². The fourth-order valence-corrected chi connectivity index (χ4v) is 4.69. The van der Waals surface area contributed by atoms with Crippen molar-refractivity contribution in [2.24, 2.45) is 11.0 Å². The molecule has 0 bridgehead atoms. The van der Waals surface area contributed by atoms with Crippen molar-refractivity contribution in [2.75, 3.05) is 13.1 Å². The Kier molecular flexibility index (Phi) is 6.49. The van der Waals surface area contributed by atoms with Gasteiger partial charge in [-0.25, -0.2) is 13.8 Å². The summed E-state index contributed by atoms with van der Waals surface area (Å²) >= 11 is 5.83. The van der Waals surface area contributed by atoms with Gasteiger partial charge in [-0.05, 0) is 49.6 Å². The maximum absolute atomic E-state index is 12.8. The van der Waals surface area contributed by atoms with Crippen LogP contribution in [-0.2, 0) is 14.8 Å². The summed E-state index contributed by atoms with van der Waals surface area (Å²) in [6, 6.07) is 13.8. The number of benzene rings is 2. The average molecular weight is 420 g/mol. The lowest BCUT2D eigenvalue weighted by atomic mass is 9.99. The van der Waals surface area contributed by atoms with Crippen LogP contribution >= 0.6 is 11.6 Å². The van der Waals surface area contributed by atoms with E-state index in [0.29, 0.717) is 24.4 Å². The largest absolute Gasteiger partial charge is 0.273 e. The van der Waals surface area contributed by atoms with Crippen LogP contribution < -0.4 is 5.43 Å². The number of carbonyl (C=O) groups excluding carboxylic acids is 1. The Balaban J connectivity index is 1.63. The zero-order chi connectivity index (χ0) is 20.1. The first-order valence-corrected chi connectivity index (χ1v) is 10.8. The normalized spacial score (nSPS) is 18.3. The number of hydrogen-bond donors (Lipinski definition) is 1. The molecule has 2 aromatic carbocycles. The van der Waals surface area contributed by atoms with Crippen LogP contribution in [-0.4, -0.2) is 37.9 Å². The molecule has 1 atom stereocenters. The summed E-state index contributed by atoms with van der Waals surface area (Å²) in [6.45, 7) is 2.47. The molecule has 1 fully saturated rings.